The molecular weight excluding hydrogens is 396 g/mol. The largest absolute Gasteiger partial charge is 0.469 e. The van der Waals surface area contributed by atoms with Crippen molar-refractivity contribution in [1.29, 1.82) is 0 Å². The molecule has 2 aliphatic rings. The number of nitrogens with zero attached hydrogens (tertiary/aromatic N) is 2. The van der Waals surface area contributed by atoms with Crippen LogP contribution in [0.15, 0.2) is 12.3 Å². The van der Waals surface area contributed by atoms with Crippen LogP contribution in [-0.2, 0) is 19.6 Å². The van der Waals surface area contributed by atoms with Crippen LogP contribution in [0.3, 0.4) is 0 Å². The first-order chi connectivity index (χ1) is 14.0. The van der Waals surface area contributed by atoms with Gasteiger partial charge < -0.3 is 14.8 Å². The molecule has 2 N–H and O–H groups in total. The van der Waals surface area contributed by atoms with Gasteiger partial charge in [-0.15, -0.1) is 5.10 Å². The summed E-state index contributed by atoms with van der Waals surface area (Å²) in [5.41, 5.74) is 0.992. The van der Waals surface area contributed by atoms with Crippen LogP contribution < -0.4 is 14.8 Å². The van der Waals surface area contributed by atoms with Crippen molar-refractivity contribution < 1.29 is 22.7 Å². The van der Waals surface area contributed by atoms with Gasteiger partial charge in [0.05, 0.1) is 25.2 Å². The summed E-state index contributed by atoms with van der Waals surface area (Å²) in [6.07, 6.45) is 9.18. The van der Waals surface area contributed by atoms with E-state index in [4.69, 9.17) is 9.47 Å². The van der Waals surface area contributed by atoms with E-state index in [1.807, 2.05) is 6.07 Å². The molecule has 2 fully saturated rings. The molecule has 2 atom stereocenters. The van der Waals surface area contributed by atoms with E-state index >= 15 is 0 Å². The van der Waals surface area contributed by atoms with Crippen molar-refractivity contribution in [1.82, 2.24) is 20.2 Å². The van der Waals surface area contributed by atoms with E-state index in [0.717, 1.165) is 50.6 Å². The van der Waals surface area contributed by atoms with Gasteiger partial charge in [-0.25, -0.2) is 13.1 Å². The summed E-state index contributed by atoms with van der Waals surface area (Å²) in [5, 5.41) is 11.2. The molecule has 0 aromatic carbocycles. The third-order valence-electron chi connectivity index (χ3n) is 5.58. The van der Waals surface area contributed by atoms with Crippen LogP contribution in [-0.4, -0.2) is 69.1 Å². The van der Waals surface area contributed by atoms with Crippen LogP contribution >= 0.6 is 0 Å². The fraction of sp³-hybridized carbons (Fsp3) is 0.737. The molecule has 1 saturated carbocycles. The second-order valence-corrected chi connectivity index (χ2v) is 9.56. The highest BCUT2D eigenvalue weighted by Crippen LogP contribution is 2.37. The summed E-state index contributed by atoms with van der Waals surface area (Å²) in [4.78, 5) is 10.6. The van der Waals surface area contributed by atoms with Gasteiger partial charge in [0.2, 0.25) is 15.9 Å². The van der Waals surface area contributed by atoms with Crippen LogP contribution in [0, 0.1) is 0 Å². The minimum absolute atomic E-state index is 0.0102. The van der Waals surface area contributed by atoms with Crippen LogP contribution in [0.25, 0.3) is 0 Å². The SMILES string of the molecule is CS(=O)(=O)N[C@H]1CCCN[C@H]1COC1CCC(c2ccnnc2OCC=O)CC1. The second-order valence-electron chi connectivity index (χ2n) is 7.78. The van der Waals surface area contributed by atoms with Gasteiger partial charge in [-0.2, -0.15) is 5.10 Å². The summed E-state index contributed by atoms with van der Waals surface area (Å²) < 4.78 is 37.5. The van der Waals surface area contributed by atoms with E-state index in [1.165, 1.54) is 6.26 Å². The molecule has 1 saturated heterocycles. The number of aldehydes is 1. The predicted octanol–water partition coefficient (Wildman–Crippen LogP) is 0.767. The Morgan fingerprint density at radius 3 is 2.79 bits per heavy atom. The van der Waals surface area contributed by atoms with E-state index in [1.54, 1.807) is 6.20 Å². The van der Waals surface area contributed by atoms with Crippen LogP contribution in [0.5, 0.6) is 5.88 Å². The van der Waals surface area contributed by atoms with Gasteiger partial charge in [0.25, 0.3) is 0 Å². The first-order valence-electron chi connectivity index (χ1n) is 10.2. The molecule has 3 rings (SSSR count). The summed E-state index contributed by atoms with van der Waals surface area (Å²) in [7, 11) is -3.24. The minimum Gasteiger partial charge on any atom is -0.469 e. The van der Waals surface area contributed by atoms with Gasteiger partial charge in [0, 0.05) is 17.6 Å². The van der Waals surface area contributed by atoms with Crippen molar-refractivity contribution in [2.75, 3.05) is 26.0 Å². The molecule has 0 amide bonds. The first-order valence-corrected chi connectivity index (χ1v) is 12.1. The highest BCUT2D eigenvalue weighted by molar-refractivity contribution is 7.88. The molecule has 1 aromatic heterocycles. The number of ether oxygens (including phenoxy) is 2. The maximum atomic E-state index is 11.6. The van der Waals surface area contributed by atoms with Crippen molar-refractivity contribution in [3.63, 3.8) is 0 Å². The number of carbonyl (C=O) groups excluding carboxylic acids is 1. The minimum atomic E-state index is -3.24. The Hall–Kier alpha value is -1.62. The maximum absolute atomic E-state index is 11.6. The zero-order valence-corrected chi connectivity index (χ0v) is 17.6. The molecule has 2 heterocycles. The Morgan fingerprint density at radius 1 is 1.28 bits per heavy atom. The van der Waals surface area contributed by atoms with E-state index in [-0.39, 0.29) is 24.8 Å². The summed E-state index contributed by atoms with van der Waals surface area (Å²) >= 11 is 0. The molecule has 0 bridgehead atoms. The van der Waals surface area contributed by atoms with Gasteiger partial charge in [-0.3, -0.25) is 4.79 Å². The molecule has 9 nitrogen and oxygen atoms in total. The van der Waals surface area contributed by atoms with Crippen LogP contribution in [0.1, 0.15) is 50.0 Å². The lowest BCUT2D eigenvalue weighted by molar-refractivity contribution is -0.109. The van der Waals surface area contributed by atoms with Crippen molar-refractivity contribution in [3.05, 3.63) is 17.8 Å². The number of rotatable bonds is 9. The lowest BCUT2D eigenvalue weighted by atomic mass is 9.83. The molecule has 0 unspecified atom stereocenters. The lowest BCUT2D eigenvalue weighted by Gasteiger charge is -2.35. The number of piperidine rings is 1. The van der Waals surface area contributed by atoms with Gasteiger partial charge in [0.1, 0.15) is 6.61 Å². The lowest BCUT2D eigenvalue weighted by Crippen LogP contribution is -2.55. The Bertz CT molecular complexity index is 768. The zero-order valence-electron chi connectivity index (χ0n) is 16.7. The Labute approximate surface area is 172 Å². The van der Waals surface area contributed by atoms with Gasteiger partial charge in [-0.1, -0.05) is 0 Å². The fourth-order valence-electron chi connectivity index (χ4n) is 4.19. The Balaban J connectivity index is 1.49. The number of hydrogen-bond donors (Lipinski definition) is 2. The molecule has 162 valence electrons. The van der Waals surface area contributed by atoms with Crippen LogP contribution in [0.4, 0.5) is 0 Å². The van der Waals surface area contributed by atoms with Gasteiger partial charge in [0.15, 0.2) is 6.29 Å². The molecule has 0 spiro atoms. The highest BCUT2D eigenvalue weighted by Gasteiger charge is 2.30. The van der Waals surface area contributed by atoms with Crippen molar-refractivity contribution in [2.24, 2.45) is 0 Å². The average Bonchev–Trinajstić information content (AvgIpc) is 2.71. The van der Waals surface area contributed by atoms with Crippen molar-refractivity contribution in [2.45, 2.75) is 62.6 Å². The normalized spacial score (nSPS) is 28.0. The zero-order chi connectivity index (χ0) is 20.7. The number of nitrogens with one attached hydrogen (secondary N) is 2. The average molecular weight is 427 g/mol. The van der Waals surface area contributed by atoms with Crippen molar-refractivity contribution >= 4 is 16.3 Å². The van der Waals surface area contributed by atoms with Crippen molar-refractivity contribution in [3.8, 4) is 5.88 Å². The Morgan fingerprint density at radius 2 is 2.07 bits per heavy atom. The van der Waals surface area contributed by atoms with Gasteiger partial charge in [-0.05, 0) is 57.1 Å². The summed E-state index contributed by atoms with van der Waals surface area (Å²) in [6, 6.07) is 1.77. The number of carbonyl (C=O) groups is 1. The van der Waals surface area contributed by atoms with Crippen LogP contribution in [0.2, 0.25) is 0 Å². The summed E-state index contributed by atoms with van der Waals surface area (Å²) in [6.45, 7) is 1.34. The maximum Gasteiger partial charge on any atom is 0.237 e. The van der Waals surface area contributed by atoms with E-state index in [9.17, 15) is 13.2 Å². The molecule has 10 heteroatoms. The van der Waals surface area contributed by atoms with E-state index < -0.39 is 10.0 Å². The predicted molar refractivity (Wildman–Crippen MR) is 107 cm³/mol. The standard InChI is InChI=1S/C19H30N4O5S/c1-29(25,26)23-17-3-2-9-20-18(17)13-28-15-6-4-14(5-7-15)16-8-10-21-22-19(16)27-12-11-24/h8,10-11,14-15,17-18,20,23H,2-7,9,12-13H2,1H3/t14?,15?,17-,18-/m0/s1. The topological polar surface area (TPSA) is 120 Å². The third-order valence-corrected chi connectivity index (χ3v) is 6.31. The molecule has 1 aromatic rings. The molecule has 29 heavy (non-hydrogen) atoms. The number of sulfonamides is 1. The number of hydrogen-bond acceptors (Lipinski definition) is 8. The highest BCUT2D eigenvalue weighted by atomic mass is 32.2. The summed E-state index contributed by atoms with van der Waals surface area (Å²) in [5.74, 6) is 0.740. The van der Waals surface area contributed by atoms with E-state index in [2.05, 4.69) is 20.2 Å². The first kappa shape index (κ1) is 22.1. The number of aromatic nitrogens is 2. The molecular formula is C19H30N4O5S. The fourth-order valence-corrected chi connectivity index (χ4v) is 5.02. The Kier molecular flexibility index (Phi) is 7.93. The third kappa shape index (κ3) is 6.70. The van der Waals surface area contributed by atoms with Gasteiger partial charge >= 0.3 is 0 Å². The monoisotopic (exact) mass is 426 g/mol. The molecule has 0 radical (unpaired) electrons. The smallest absolute Gasteiger partial charge is 0.237 e. The molecule has 1 aliphatic heterocycles. The molecule has 1 aliphatic carbocycles. The quantitative estimate of drug-likeness (QED) is 0.556. The second kappa shape index (κ2) is 10.4. The van der Waals surface area contributed by atoms with E-state index in [0.29, 0.717) is 24.7 Å².